The number of aryl methyl sites for hydroxylation is 3. The van der Waals surface area contributed by atoms with Crippen LogP contribution in [0.1, 0.15) is 56.5 Å². The molecule has 1 aromatic carbocycles. The van der Waals surface area contributed by atoms with Gasteiger partial charge in [0.25, 0.3) is 0 Å². The van der Waals surface area contributed by atoms with Gasteiger partial charge in [0.05, 0.1) is 28.3 Å². The Morgan fingerprint density at radius 2 is 1.71 bits per heavy atom. The van der Waals surface area contributed by atoms with Crippen molar-refractivity contribution < 1.29 is 14.7 Å². The summed E-state index contributed by atoms with van der Waals surface area (Å²) in [6.45, 7) is 9.99. The Kier molecular flexibility index (Phi) is 5.86. The molecule has 1 fully saturated rings. The van der Waals surface area contributed by atoms with E-state index < -0.39 is 6.04 Å². The van der Waals surface area contributed by atoms with E-state index >= 15 is 0 Å². The number of rotatable bonds is 5. The zero-order chi connectivity index (χ0) is 20.4. The van der Waals surface area contributed by atoms with E-state index in [0.717, 1.165) is 24.5 Å². The van der Waals surface area contributed by atoms with E-state index in [0.29, 0.717) is 30.0 Å². The lowest BCUT2D eigenvalue weighted by Crippen LogP contribution is -2.47. The molecule has 1 saturated heterocycles. The van der Waals surface area contributed by atoms with E-state index in [1.807, 2.05) is 20.8 Å². The second-order valence-corrected chi connectivity index (χ2v) is 7.21. The molecular weight excluding hydrogens is 356 g/mol. The van der Waals surface area contributed by atoms with Crippen molar-refractivity contribution >= 4 is 11.6 Å². The van der Waals surface area contributed by atoms with Gasteiger partial charge in [0.1, 0.15) is 11.8 Å². The fourth-order valence-corrected chi connectivity index (χ4v) is 3.50. The number of aromatic hydroxyl groups is 1. The highest BCUT2D eigenvalue weighted by atomic mass is 16.3. The lowest BCUT2D eigenvalue weighted by Gasteiger charge is -2.34. The molecule has 7 nitrogen and oxygen atoms in total. The quantitative estimate of drug-likeness (QED) is 0.765. The van der Waals surface area contributed by atoms with Crippen LogP contribution >= 0.6 is 0 Å². The van der Waals surface area contributed by atoms with Gasteiger partial charge in [-0.2, -0.15) is 0 Å². The van der Waals surface area contributed by atoms with E-state index in [9.17, 15) is 14.7 Å². The molecule has 0 bridgehead atoms. The summed E-state index contributed by atoms with van der Waals surface area (Å²) in [7, 11) is 0. The first kappa shape index (κ1) is 20.1. The largest absolute Gasteiger partial charge is 0.507 e. The highest BCUT2D eigenvalue weighted by Gasteiger charge is 2.34. The molecule has 0 spiro atoms. The van der Waals surface area contributed by atoms with Crippen LogP contribution < -0.4 is 5.32 Å². The molecule has 1 aliphatic rings. The first-order chi connectivity index (χ1) is 13.3. The Bertz CT molecular complexity index is 920. The highest BCUT2D eigenvalue weighted by Crippen LogP contribution is 2.30. The Hall–Kier alpha value is -2.64. The van der Waals surface area contributed by atoms with Crippen LogP contribution in [0.3, 0.4) is 0 Å². The van der Waals surface area contributed by atoms with Gasteiger partial charge in [0.15, 0.2) is 11.6 Å². The number of aromatic nitrogens is 2. The van der Waals surface area contributed by atoms with E-state index in [4.69, 9.17) is 0 Å². The monoisotopic (exact) mass is 382 g/mol. The van der Waals surface area contributed by atoms with Crippen LogP contribution in [0.2, 0.25) is 0 Å². The maximum atomic E-state index is 13.5. The van der Waals surface area contributed by atoms with Gasteiger partial charge in [0, 0.05) is 31.7 Å². The third-order valence-electron chi connectivity index (χ3n) is 5.21. The molecule has 3 rings (SSSR count). The summed E-state index contributed by atoms with van der Waals surface area (Å²) in [6.07, 6.45) is 0. The van der Waals surface area contributed by atoms with Crippen molar-refractivity contribution in [2.45, 2.75) is 33.7 Å². The van der Waals surface area contributed by atoms with E-state index in [-0.39, 0.29) is 22.9 Å². The second kappa shape index (κ2) is 8.16. The van der Waals surface area contributed by atoms with Crippen molar-refractivity contribution in [3.8, 4) is 5.75 Å². The number of ketones is 2. The minimum atomic E-state index is -0.636. The Balaban J connectivity index is 2.08. The zero-order valence-electron chi connectivity index (χ0n) is 16.7. The van der Waals surface area contributed by atoms with Gasteiger partial charge in [-0.15, -0.1) is 0 Å². The van der Waals surface area contributed by atoms with Crippen molar-refractivity contribution in [3.05, 3.63) is 52.1 Å². The van der Waals surface area contributed by atoms with Gasteiger partial charge >= 0.3 is 0 Å². The number of phenols is 1. The van der Waals surface area contributed by atoms with Crippen LogP contribution in [0.4, 0.5) is 0 Å². The molecule has 0 amide bonds. The number of phenolic OH excluding ortho intramolecular Hbond substituents is 1. The van der Waals surface area contributed by atoms with Gasteiger partial charge < -0.3 is 10.4 Å². The van der Waals surface area contributed by atoms with E-state index in [1.54, 1.807) is 6.07 Å². The topological polar surface area (TPSA) is 95.4 Å². The number of carbonyl (C=O) groups is 2. The molecule has 0 aliphatic carbocycles. The highest BCUT2D eigenvalue weighted by molar-refractivity contribution is 6.04. The number of hydrogen-bond donors (Lipinski definition) is 2. The minimum absolute atomic E-state index is 0.163. The lowest BCUT2D eigenvalue weighted by molar-refractivity contribution is 0.0784. The van der Waals surface area contributed by atoms with Crippen molar-refractivity contribution in [1.82, 2.24) is 20.2 Å². The summed E-state index contributed by atoms with van der Waals surface area (Å²) in [6, 6.07) is 3.81. The van der Waals surface area contributed by atoms with Crippen LogP contribution in [0.5, 0.6) is 5.75 Å². The fraction of sp³-hybridized carbons (Fsp3) is 0.429. The van der Waals surface area contributed by atoms with Crippen LogP contribution in [0.15, 0.2) is 18.2 Å². The molecule has 1 aliphatic heterocycles. The first-order valence-electron chi connectivity index (χ1n) is 9.44. The molecule has 1 aromatic heterocycles. The van der Waals surface area contributed by atoms with E-state index in [2.05, 4.69) is 20.2 Å². The number of hydrogen-bond acceptors (Lipinski definition) is 7. The maximum Gasteiger partial charge on any atom is 0.189 e. The standard InChI is InChI=1S/C21H26N4O3/c1-12-13(2)24-19(14(3)23-12)20(25-9-7-22-8-10-25)21(28)17-6-5-16(15(4)26)11-18(17)27/h5-6,11,20,22,27H,7-10H2,1-4H3. The predicted octanol–water partition coefficient (Wildman–Crippen LogP) is 2.14. The molecule has 148 valence electrons. The Morgan fingerprint density at radius 3 is 2.32 bits per heavy atom. The molecule has 0 radical (unpaired) electrons. The molecular formula is C21H26N4O3. The predicted molar refractivity (Wildman–Crippen MR) is 106 cm³/mol. The van der Waals surface area contributed by atoms with Gasteiger partial charge in [-0.1, -0.05) is 6.07 Å². The normalized spacial score (nSPS) is 16.0. The number of nitrogens with zero attached hydrogens (tertiary/aromatic N) is 3. The van der Waals surface area contributed by atoms with Crippen LogP contribution in [-0.2, 0) is 0 Å². The molecule has 1 atom stereocenters. The molecule has 2 heterocycles. The number of Topliss-reactive ketones (excluding diaryl/α,β-unsaturated/α-hetero) is 2. The third-order valence-corrected chi connectivity index (χ3v) is 5.21. The average molecular weight is 382 g/mol. The summed E-state index contributed by atoms with van der Waals surface area (Å²) >= 11 is 0. The second-order valence-electron chi connectivity index (χ2n) is 7.21. The zero-order valence-corrected chi connectivity index (χ0v) is 16.7. The molecule has 2 N–H and O–H groups in total. The lowest BCUT2D eigenvalue weighted by atomic mass is 9.95. The number of carbonyl (C=O) groups excluding carboxylic acids is 2. The Morgan fingerprint density at radius 1 is 1.07 bits per heavy atom. The maximum absolute atomic E-state index is 13.5. The van der Waals surface area contributed by atoms with Gasteiger partial charge in [-0.05, 0) is 39.8 Å². The van der Waals surface area contributed by atoms with Gasteiger partial charge in [0.2, 0.25) is 0 Å². The third kappa shape index (κ3) is 3.95. The minimum Gasteiger partial charge on any atom is -0.507 e. The fourth-order valence-electron chi connectivity index (χ4n) is 3.50. The van der Waals surface area contributed by atoms with Gasteiger partial charge in [-0.3, -0.25) is 24.5 Å². The van der Waals surface area contributed by atoms with Gasteiger partial charge in [-0.25, -0.2) is 0 Å². The smallest absolute Gasteiger partial charge is 0.189 e. The molecule has 2 aromatic rings. The SMILES string of the molecule is CC(=O)c1ccc(C(=O)C(c2nc(C)c(C)nc2C)N2CCNCC2)c(O)c1. The number of nitrogens with one attached hydrogen (secondary N) is 1. The van der Waals surface area contributed by atoms with Crippen LogP contribution in [0, 0.1) is 20.8 Å². The molecule has 28 heavy (non-hydrogen) atoms. The van der Waals surface area contributed by atoms with Crippen molar-refractivity contribution in [2.24, 2.45) is 0 Å². The Labute approximate surface area is 164 Å². The summed E-state index contributed by atoms with van der Waals surface area (Å²) in [5, 5.41) is 13.7. The number of piperazine rings is 1. The molecule has 1 unspecified atom stereocenters. The van der Waals surface area contributed by atoms with Crippen molar-refractivity contribution in [3.63, 3.8) is 0 Å². The summed E-state index contributed by atoms with van der Waals surface area (Å²) in [5.74, 6) is -0.591. The van der Waals surface area contributed by atoms with E-state index in [1.165, 1.54) is 19.1 Å². The summed E-state index contributed by atoms with van der Waals surface area (Å²) < 4.78 is 0. The summed E-state index contributed by atoms with van der Waals surface area (Å²) in [5.41, 5.74) is 3.50. The van der Waals surface area contributed by atoms with Crippen LogP contribution in [-0.4, -0.2) is 57.7 Å². The molecule has 7 heteroatoms. The van der Waals surface area contributed by atoms with Crippen molar-refractivity contribution in [2.75, 3.05) is 26.2 Å². The molecule has 0 saturated carbocycles. The summed E-state index contributed by atoms with van der Waals surface area (Å²) in [4.78, 5) is 36.4. The number of benzene rings is 1. The first-order valence-corrected chi connectivity index (χ1v) is 9.44. The van der Waals surface area contributed by atoms with Crippen LogP contribution in [0.25, 0.3) is 0 Å². The van der Waals surface area contributed by atoms with Crippen molar-refractivity contribution in [1.29, 1.82) is 0 Å². The average Bonchev–Trinajstić information content (AvgIpc) is 2.66.